The average Bonchev–Trinajstić information content (AvgIpc) is 2.97. The number of nitrogens with one attached hydrogen (secondary N) is 2. The van der Waals surface area contributed by atoms with Crippen LogP contribution in [-0.4, -0.2) is 29.9 Å². The number of hydrogen-bond donors (Lipinski definition) is 2. The Morgan fingerprint density at radius 3 is 2.58 bits per heavy atom. The summed E-state index contributed by atoms with van der Waals surface area (Å²) in [5, 5.41) is 0. The maximum atomic E-state index is 12.9. The fourth-order valence-electron chi connectivity index (χ4n) is 2.93. The molecule has 1 fully saturated rings. The Hall–Kier alpha value is -2.67. The van der Waals surface area contributed by atoms with Crippen molar-refractivity contribution in [2.24, 2.45) is 0 Å². The number of hydrogen-bond acceptors (Lipinski definition) is 6. The number of nitrogens with zero attached hydrogens (tertiary/aromatic N) is 1. The van der Waals surface area contributed by atoms with E-state index in [9.17, 15) is 14.4 Å². The molecule has 24 heavy (non-hydrogen) atoms. The second-order valence-electron chi connectivity index (χ2n) is 6.06. The molecular weight excluding hydrogens is 310 g/mol. The number of rotatable bonds is 3. The van der Waals surface area contributed by atoms with Crippen LogP contribution in [0, 0.1) is 13.8 Å². The van der Waals surface area contributed by atoms with E-state index in [1.54, 1.807) is 26.0 Å². The molecular formula is C17H19N3O4. The van der Waals surface area contributed by atoms with Crippen molar-refractivity contribution < 1.29 is 19.1 Å². The molecule has 2 heterocycles. The SMILES string of the molecule is CCOC(=O)C1=C2C(=O)N(c3ccc(C)c(C)c3)C(=O)C2(C)NN1. The minimum atomic E-state index is -1.29. The van der Waals surface area contributed by atoms with Gasteiger partial charge in [0.2, 0.25) is 0 Å². The van der Waals surface area contributed by atoms with Crippen LogP contribution in [0.15, 0.2) is 29.5 Å². The quantitative estimate of drug-likeness (QED) is 0.632. The Balaban J connectivity index is 2.09. The molecule has 7 nitrogen and oxygen atoms in total. The van der Waals surface area contributed by atoms with Crippen molar-refractivity contribution in [3.63, 3.8) is 0 Å². The molecule has 2 N–H and O–H groups in total. The van der Waals surface area contributed by atoms with Gasteiger partial charge in [0.25, 0.3) is 11.8 Å². The normalized spacial score (nSPS) is 22.8. The zero-order valence-corrected chi connectivity index (χ0v) is 14.0. The highest BCUT2D eigenvalue weighted by Crippen LogP contribution is 2.37. The van der Waals surface area contributed by atoms with Crippen molar-refractivity contribution in [1.29, 1.82) is 0 Å². The number of anilines is 1. The molecule has 1 atom stereocenters. The second-order valence-corrected chi connectivity index (χ2v) is 6.06. The van der Waals surface area contributed by atoms with Gasteiger partial charge in [-0.2, -0.15) is 0 Å². The number of esters is 1. The van der Waals surface area contributed by atoms with Crippen molar-refractivity contribution >= 4 is 23.5 Å². The largest absolute Gasteiger partial charge is 0.461 e. The Kier molecular flexibility index (Phi) is 3.68. The third kappa shape index (κ3) is 2.12. The summed E-state index contributed by atoms with van der Waals surface area (Å²) in [7, 11) is 0. The predicted octanol–water partition coefficient (Wildman–Crippen LogP) is 0.860. The lowest BCUT2D eigenvalue weighted by atomic mass is 9.95. The fraction of sp³-hybridized carbons (Fsp3) is 0.353. The lowest BCUT2D eigenvalue weighted by Gasteiger charge is -2.21. The number of imide groups is 1. The van der Waals surface area contributed by atoms with Gasteiger partial charge in [-0.3, -0.25) is 9.59 Å². The molecule has 0 aromatic heterocycles. The number of amides is 2. The summed E-state index contributed by atoms with van der Waals surface area (Å²) in [6, 6.07) is 5.36. The van der Waals surface area contributed by atoms with Crippen molar-refractivity contribution in [3.8, 4) is 0 Å². The number of benzene rings is 1. The maximum Gasteiger partial charge on any atom is 0.356 e. The van der Waals surface area contributed by atoms with Gasteiger partial charge in [0.05, 0.1) is 17.9 Å². The molecule has 0 aliphatic carbocycles. The summed E-state index contributed by atoms with van der Waals surface area (Å²) in [6.45, 7) is 7.29. The van der Waals surface area contributed by atoms with Crippen LogP contribution in [0.1, 0.15) is 25.0 Å². The average molecular weight is 329 g/mol. The van der Waals surface area contributed by atoms with Crippen molar-refractivity contribution in [2.45, 2.75) is 33.2 Å². The highest BCUT2D eigenvalue weighted by atomic mass is 16.5. The second kappa shape index (κ2) is 5.45. The van der Waals surface area contributed by atoms with Gasteiger partial charge in [-0.15, -0.1) is 0 Å². The van der Waals surface area contributed by atoms with Crippen LogP contribution in [0.25, 0.3) is 0 Å². The standard InChI is InChI=1S/C17H19N3O4/c1-5-24-15(22)13-12-14(21)20(16(23)17(12,4)19-18-13)11-7-6-9(2)10(3)8-11/h6-8,18-19H,5H2,1-4H3. The Bertz CT molecular complexity index is 799. The molecule has 1 saturated heterocycles. The molecule has 3 rings (SSSR count). The maximum absolute atomic E-state index is 12.9. The third-order valence-corrected chi connectivity index (χ3v) is 4.46. The molecule has 2 aliphatic heterocycles. The molecule has 0 saturated carbocycles. The van der Waals surface area contributed by atoms with Crippen molar-refractivity contribution in [1.82, 2.24) is 10.9 Å². The molecule has 1 aromatic rings. The van der Waals surface area contributed by atoms with Gasteiger partial charge < -0.3 is 10.2 Å². The van der Waals surface area contributed by atoms with E-state index in [2.05, 4.69) is 10.9 Å². The lowest BCUT2D eigenvalue weighted by molar-refractivity contribution is -0.139. The number of hydrazine groups is 1. The smallest absolute Gasteiger partial charge is 0.356 e. The van der Waals surface area contributed by atoms with Crippen LogP contribution in [0.5, 0.6) is 0 Å². The van der Waals surface area contributed by atoms with Crippen molar-refractivity contribution in [2.75, 3.05) is 11.5 Å². The molecule has 2 amide bonds. The first-order chi connectivity index (χ1) is 11.3. The van der Waals surface area contributed by atoms with Crippen LogP contribution in [0.4, 0.5) is 5.69 Å². The third-order valence-electron chi connectivity index (χ3n) is 4.46. The molecule has 7 heteroatoms. The van der Waals surface area contributed by atoms with E-state index in [1.165, 1.54) is 0 Å². The fourth-order valence-corrected chi connectivity index (χ4v) is 2.93. The Morgan fingerprint density at radius 2 is 1.96 bits per heavy atom. The van der Waals surface area contributed by atoms with Gasteiger partial charge >= 0.3 is 5.97 Å². The minimum Gasteiger partial charge on any atom is -0.461 e. The van der Waals surface area contributed by atoms with E-state index in [0.29, 0.717) is 5.69 Å². The number of ether oxygens (including phenoxy) is 1. The monoisotopic (exact) mass is 329 g/mol. The molecule has 2 aliphatic rings. The van der Waals surface area contributed by atoms with Gasteiger partial charge in [-0.1, -0.05) is 6.07 Å². The zero-order valence-electron chi connectivity index (χ0n) is 14.0. The van der Waals surface area contributed by atoms with E-state index in [1.807, 2.05) is 19.9 Å². The molecule has 0 bridgehead atoms. The van der Waals surface area contributed by atoms with Crippen LogP contribution in [0.3, 0.4) is 0 Å². The van der Waals surface area contributed by atoms with E-state index >= 15 is 0 Å². The van der Waals surface area contributed by atoms with E-state index in [-0.39, 0.29) is 17.9 Å². The predicted molar refractivity (Wildman–Crippen MR) is 86.7 cm³/mol. The number of carbonyl (C=O) groups excluding carboxylic acids is 3. The van der Waals surface area contributed by atoms with Crippen LogP contribution < -0.4 is 15.8 Å². The first kappa shape index (κ1) is 16.2. The Morgan fingerprint density at radius 1 is 1.25 bits per heavy atom. The first-order valence-electron chi connectivity index (χ1n) is 7.72. The topological polar surface area (TPSA) is 87.7 Å². The summed E-state index contributed by atoms with van der Waals surface area (Å²) in [4.78, 5) is 38.9. The van der Waals surface area contributed by atoms with Crippen molar-refractivity contribution in [3.05, 3.63) is 40.6 Å². The van der Waals surface area contributed by atoms with Gasteiger partial charge in [0, 0.05) is 0 Å². The lowest BCUT2D eigenvalue weighted by Crippen LogP contribution is -2.51. The first-order valence-corrected chi connectivity index (χ1v) is 7.72. The molecule has 126 valence electrons. The molecule has 1 unspecified atom stereocenters. The Labute approximate surface area is 139 Å². The zero-order chi connectivity index (χ0) is 17.6. The van der Waals surface area contributed by atoms with E-state index < -0.39 is 23.3 Å². The molecule has 0 spiro atoms. The van der Waals surface area contributed by atoms with Gasteiger partial charge in [0.15, 0.2) is 0 Å². The van der Waals surface area contributed by atoms with E-state index in [4.69, 9.17) is 4.74 Å². The van der Waals surface area contributed by atoms with Gasteiger partial charge in [-0.25, -0.2) is 15.1 Å². The highest BCUT2D eigenvalue weighted by Gasteiger charge is 2.59. The summed E-state index contributed by atoms with van der Waals surface area (Å²) >= 11 is 0. The van der Waals surface area contributed by atoms with E-state index in [0.717, 1.165) is 16.0 Å². The summed E-state index contributed by atoms with van der Waals surface area (Å²) in [5.74, 6) is -1.62. The van der Waals surface area contributed by atoms with Gasteiger partial charge in [0.1, 0.15) is 11.2 Å². The number of fused-ring (bicyclic) bond motifs is 1. The van der Waals surface area contributed by atoms with Crippen LogP contribution >= 0.6 is 0 Å². The van der Waals surface area contributed by atoms with Crippen LogP contribution in [0.2, 0.25) is 0 Å². The number of aryl methyl sites for hydroxylation is 2. The van der Waals surface area contributed by atoms with Crippen LogP contribution in [-0.2, 0) is 19.1 Å². The molecule has 1 aromatic carbocycles. The minimum absolute atomic E-state index is 0.0102. The van der Waals surface area contributed by atoms with Gasteiger partial charge in [-0.05, 0) is 51.0 Å². The number of carbonyl (C=O) groups is 3. The summed E-state index contributed by atoms with van der Waals surface area (Å²) < 4.78 is 4.96. The summed E-state index contributed by atoms with van der Waals surface area (Å²) in [5.41, 5.74) is 6.69. The molecule has 0 radical (unpaired) electrons. The highest BCUT2D eigenvalue weighted by molar-refractivity contribution is 6.34. The summed E-state index contributed by atoms with van der Waals surface area (Å²) in [6.07, 6.45) is 0.